The molecule has 0 bridgehead atoms. The lowest BCUT2D eigenvalue weighted by molar-refractivity contribution is 0.0885. The minimum atomic E-state index is -1.25. The van der Waals surface area contributed by atoms with E-state index >= 15 is 0 Å². The molecular weight excluding hydrogens is 1210 g/mol. The first kappa shape index (κ1) is 63.6. The van der Waals surface area contributed by atoms with Gasteiger partial charge in [-0.3, -0.25) is 28.8 Å². The average molecular weight is 1290 g/mol. The van der Waals surface area contributed by atoms with Crippen LogP contribution in [0.3, 0.4) is 0 Å². The zero-order valence-electron chi connectivity index (χ0n) is 51.7. The molecule has 88 heavy (non-hydrogen) atoms. The fourth-order valence-electron chi connectivity index (χ4n) is 11.0. The van der Waals surface area contributed by atoms with E-state index in [1.54, 1.807) is 47.1 Å². The van der Waals surface area contributed by atoms with E-state index in [-0.39, 0.29) is 42.3 Å². The lowest BCUT2D eigenvalue weighted by Crippen LogP contribution is -2.37. The second-order valence-electron chi connectivity index (χ2n) is 25.4. The molecule has 2 aliphatic rings. The number of likely N-dealkylation sites (tertiary alicyclic amines) is 2. The Balaban J connectivity index is 0.000000167. The summed E-state index contributed by atoms with van der Waals surface area (Å²) in [5, 5.41) is 17.0. The van der Waals surface area contributed by atoms with Gasteiger partial charge in [0.1, 0.15) is 52.1 Å². The molecule has 23 heteroatoms. The molecule has 2 N–H and O–H groups in total. The van der Waals surface area contributed by atoms with Crippen LogP contribution in [0.5, 0.6) is 0 Å². The van der Waals surface area contributed by atoms with E-state index in [2.05, 4.69) is 144 Å². The summed E-state index contributed by atoms with van der Waals surface area (Å²) < 4.78 is 46.3. The van der Waals surface area contributed by atoms with Gasteiger partial charge >= 0.3 is 0 Å². The van der Waals surface area contributed by atoms with Crippen molar-refractivity contribution < 1.29 is 27.8 Å². The van der Waals surface area contributed by atoms with Crippen LogP contribution in [0.25, 0.3) is 55.5 Å². The molecule has 0 unspecified atom stereocenters. The Morgan fingerprint density at radius 2 is 1.09 bits per heavy atom. The molecule has 6 aromatic heterocycles. The SMILES string of the molecule is C[Si](C)(C)CCOCn1cc(C(=O)N[C@@H]2CCN(Cc3ccccc3)C2)c2nc(Br)cnc21.Cc1nn(C)c2cc(F)ccc12.Cn1nc(-c2cnc3c(n2)c(C(=O)N[C@@H]2CCN(Cc4ccccc4)C2)cn3COCC[Si](C)(C)C)c2ccc(F)cc21. The molecule has 0 spiro atoms. The number of halogens is 3. The summed E-state index contributed by atoms with van der Waals surface area (Å²) >= 11 is 3.39. The van der Waals surface area contributed by atoms with Crippen LogP contribution < -0.4 is 10.6 Å². The molecule has 0 radical (unpaired) electrons. The van der Waals surface area contributed by atoms with Crippen molar-refractivity contribution in [2.24, 2.45) is 14.1 Å². The van der Waals surface area contributed by atoms with E-state index in [1.807, 2.05) is 41.4 Å². The van der Waals surface area contributed by atoms with Crippen LogP contribution in [-0.2, 0) is 50.1 Å². The highest BCUT2D eigenvalue weighted by molar-refractivity contribution is 9.10. The number of ether oxygens (including phenoxy) is 2. The van der Waals surface area contributed by atoms with Gasteiger partial charge in [-0.2, -0.15) is 10.2 Å². The van der Waals surface area contributed by atoms with Crippen molar-refractivity contribution in [2.75, 3.05) is 39.4 Å². The Morgan fingerprint density at radius 3 is 1.60 bits per heavy atom. The van der Waals surface area contributed by atoms with Crippen LogP contribution in [-0.4, -0.2) is 138 Å². The third kappa shape index (κ3) is 16.3. The second-order valence-corrected chi connectivity index (χ2v) is 37.4. The molecule has 2 atom stereocenters. The minimum Gasteiger partial charge on any atom is -0.361 e. The Hall–Kier alpha value is -7.39. The van der Waals surface area contributed by atoms with Gasteiger partial charge in [-0.25, -0.2) is 28.7 Å². The molecule has 2 saturated heterocycles. The lowest BCUT2D eigenvalue weighted by atomic mass is 10.1. The Bertz CT molecular complexity index is 4050. The number of carbonyl (C=O) groups is 2. The predicted molar refractivity (Wildman–Crippen MR) is 351 cm³/mol. The van der Waals surface area contributed by atoms with E-state index in [0.717, 1.165) is 86.2 Å². The van der Waals surface area contributed by atoms with Crippen molar-refractivity contribution in [1.29, 1.82) is 0 Å². The quantitative estimate of drug-likeness (QED) is 0.0579. The van der Waals surface area contributed by atoms with E-state index in [0.29, 0.717) is 74.9 Å². The molecule has 18 nitrogen and oxygen atoms in total. The van der Waals surface area contributed by atoms with Crippen LogP contribution in [0.4, 0.5) is 8.78 Å². The summed E-state index contributed by atoms with van der Waals surface area (Å²) in [6.07, 6.45) is 8.74. The topological polar surface area (TPSA) is 180 Å². The van der Waals surface area contributed by atoms with Gasteiger partial charge in [0.25, 0.3) is 11.8 Å². The third-order valence-corrected chi connectivity index (χ3v) is 19.6. The summed E-state index contributed by atoms with van der Waals surface area (Å²) in [6, 6.07) is 32.4. The standard InChI is InChI=1S/C32H38FN7O2Si.C24H32BrN5O2Si.C9H9FN2/c1-38-28-16-23(33)10-11-25(28)29(37-38)27-17-34-31-30(36-27)26(20-40(31)21-42-14-15-43(2,3)4)32(41)35-24-12-13-39(19-24)18-22-8-6-5-7-9-22;1-33(2,3)12-11-32-17-30-16-20(22-23(30)26-13-21(25)28-22)24(31)27-19-9-10-29(15-19)14-18-7-5-4-6-8-18;1-6-8-4-3-7(10)5-9(8)12(2)11-6/h5-11,16-17,20,24H,12-15,18-19,21H2,1-4H3,(H,35,41);4-8,13,16,19H,9-12,14-15,17H2,1-3H3,(H,27,31);3-5H,1-2H3/t24-;19-;/m11./s1. The third-order valence-electron chi connectivity index (χ3n) is 15.8. The zero-order valence-corrected chi connectivity index (χ0v) is 55.3. The van der Waals surface area contributed by atoms with Gasteiger partial charge in [-0.15, -0.1) is 0 Å². The van der Waals surface area contributed by atoms with Gasteiger partial charge in [0, 0.05) is 118 Å². The Kier molecular flexibility index (Phi) is 20.2. The van der Waals surface area contributed by atoms with Gasteiger partial charge in [0.15, 0.2) is 11.3 Å². The smallest absolute Gasteiger partial charge is 0.255 e. The molecular formula is C65H79BrF2N14O4Si2. The fraction of sp³-hybridized carbons (Fsp3) is 0.385. The molecule has 4 aromatic carbocycles. The molecule has 2 fully saturated rings. The molecule has 0 aliphatic carbocycles. The highest BCUT2D eigenvalue weighted by Gasteiger charge is 2.29. The molecule has 462 valence electrons. The number of aromatic nitrogens is 10. The van der Waals surface area contributed by atoms with Crippen molar-refractivity contribution >= 4 is 88.0 Å². The molecule has 0 saturated carbocycles. The summed E-state index contributed by atoms with van der Waals surface area (Å²) in [5.74, 6) is -0.842. The van der Waals surface area contributed by atoms with Gasteiger partial charge in [-0.1, -0.05) is 99.9 Å². The monoisotopic (exact) mass is 1290 g/mol. The summed E-state index contributed by atoms with van der Waals surface area (Å²) in [5.41, 5.74) is 9.40. The first-order valence-electron chi connectivity index (χ1n) is 30.0. The van der Waals surface area contributed by atoms with E-state index < -0.39 is 16.1 Å². The Morgan fingerprint density at radius 1 is 0.625 bits per heavy atom. The number of aryl methyl sites for hydroxylation is 3. The fourth-order valence-corrected chi connectivity index (χ4v) is 12.8. The highest BCUT2D eigenvalue weighted by atomic mass is 79.9. The van der Waals surface area contributed by atoms with E-state index in [4.69, 9.17) is 19.4 Å². The van der Waals surface area contributed by atoms with Crippen molar-refractivity contribution in [3.05, 3.63) is 166 Å². The van der Waals surface area contributed by atoms with Crippen molar-refractivity contribution in [2.45, 2.75) is 110 Å². The van der Waals surface area contributed by atoms with E-state index in [9.17, 15) is 18.4 Å². The molecule has 2 aliphatic heterocycles. The maximum atomic E-state index is 13.9. The van der Waals surface area contributed by atoms with Gasteiger partial charge < -0.3 is 29.2 Å². The van der Waals surface area contributed by atoms with Crippen molar-refractivity contribution in [3.8, 4) is 11.4 Å². The van der Waals surface area contributed by atoms with Gasteiger partial charge in [0.2, 0.25) is 0 Å². The number of carbonyl (C=O) groups excluding carboxylic acids is 2. The number of nitrogens with zero attached hydrogens (tertiary/aromatic N) is 12. The number of fused-ring (bicyclic) bond motifs is 4. The number of rotatable bonds is 19. The van der Waals surface area contributed by atoms with Crippen LogP contribution in [0.2, 0.25) is 51.4 Å². The van der Waals surface area contributed by atoms with Crippen molar-refractivity contribution in [3.63, 3.8) is 0 Å². The number of hydrogen-bond donors (Lipinski definition) is 2. The van der Waals surface area contributed by atoms with Crippen LogP contribution in [0.15, 0.2) is 126 Å². The second kappa shape index (κ2) is 28.0. The van der Waals surface area contributed by atoms with Crippen molar-refractivity contribution in [1.82, 2.24) is 69.1 Å². The zero-order chi connectivity index (χ0) is 62.3. The summed E-state index contributed by atoms with van der Waals surface area (Å²) in [4.78, 5) is 50.4. The van der Waals surface area contributed by atoms with Crippen LogP contribution >= 0.6 is 15.9 Å². The largest absolute Gasteiger partial charge is 0.361 e. The van der Waals surface area contributed by atoms with Gasteiger partial charge in [0.05, 0.1) is 40.2 Å². The molecule has 2 amide bonds. The molecule has 12 rings (SSSR count). The first-order valence-corrected chi connectivity index (χ1v) is 38.2. The molecule has 8 heterocycles. The summed E-state index contributed by atoms with van der Waals surface area (Å²) in [6.45, 7) is 23.1. The highest BCUT2D eigenvalue weighted by Crippen LogP contribution is 2.30. The van der Waals surface area contributed by atoms with Gasteiger partial charge in [-0.05, 0) is 95.3 Å². The van der Waals surface area contributed by atoms with Crippen LogP contribution in [0.1, 0.15) is 50.4 Å². The maximum Gasteiger partial charge on any atom is 0.255 e. The number of amides is 2. The average Bonchev–Trinajstić information content (AvgIpc) is 1.94. The van der Waals surface area contributed by atoms with Crippen LogP contribution in [0, 0.1) is 18.6 Å². The Labute approximate surface area is 522 Å². The maximum absolute atomic E-state index is 13.9. The number of benzene rings is 4. The number of nitrogens with one attached hydrogen (secondary N) is 2. The summed E-state index contributed by atoms with van der Waals surface area (Å²) in [7, 11) is 1.18. The number of hydrogen-bond acceptors (Lipinski definition) is 12. The predicted octanol–water partition coefficient (Wildman–Crippen LogP) is 12.0. The molecule has 10 aromatic rings. The van der Waals surface area contributed by atoms with E-state index in [1.165, 1.54) is 35.4 Å². The minimum absolute atomic E-state index is 0.0355. The normalized spacial score (nSPS) is 15.7. The first-order chi connectivity index (χ1) is 42.1. The lowest BCUT2D eigenvalue weighted by Gasteiger charge is -2.16.